The molecule has 32 heavy (non-hydrogen) atoms. The summed E-state index contributed by atoms with van der Waals surface area (Å²) >= 11 is 0. The monoisotopic (exact) mass is 449 g/mol. The Kier molecular flexibility index (Phi) is 7.27. The van der Waals surface area contributed by atoms with Crippen LogP contribution in [-0.4, -0.2) is 26.0 Å². The number of benzene rings is 3. The van der Waals surface area contributed by atoms with Crippen molar-refractivity contribution in [2.75, 3.05) is 4.72 Å². The summed E-state index contributed by atoms with van der Waals surface area (Å²) in [5.41, 5.74) is 2.24. The number of hydrogen-bond donors (Lipinski definition) is 1. The second kappa shape index (κ2) is 10.1. The molecule has 0 aliphatic heterocycles. The molecule has 3 aromatic carbocycles. The number of rotatable bonds is 9. The number of carbonyl (C=O) groups excluding carboxylic acids is 2. The number of hydrogen-bond acceptors (Lipinski definition) is 6. The number of anilines is 1. The van der Waals surface area contributed by atoms with Crippen molar-refractivity contribution in [3.63, 3.8) is 0 Å². The van der Waals surface area contributed by atoms with E-state index in [1.807, 2.05) is 19.1 Å². The number of nitrogens with one attached hydrogen (secondary N) is 1. The van der Waals surface area contributed by atoms with Crippen LogP contribution in [0.15, 0.2) is 94.0 Å². The first-order valence-corrected chi connectivity index (χ1v) is 11.5. The maximum absolute atomic E-state index is 12.7. The lowest BCUT2D eigenvalue weighted by molar-refractivity contribution is -0.117. The first kappa shape index (κ1) is 23.0. The summed E-state index contributed by atoms with van der Waals surface area (Å²) in [4.78, 5) is 24.8. The highest BCUT2D eigenvalue weighted by atomic mass is 32.2. The molecular formula is C24H23N3O4S. The Morgan fingerprint density at radius 3 is 2.09 bits per heavy atom. The average molecular weight is 450 g/mol. The first-order chi connectivity index (χ1) is 15.3. The smallest absolute Gasteiger partial charge is 0.261 e. The Hall–Kier alpha value is -3.65. The fraction of sp³-hybridized carbons (Fsp3) is 0.167. The van der Waals surface area contributed by atoms with Crippen molar-refractivity contribution < 1.29 is 18.0 Å². The van der Waals surface area contributed by atoms with E-state index in [4.69, 9.17) is 0 Å². The molecule has 1 N–H and O–H groups in total. The molecule has 164 valence electrons. The minimum Gasteiger partial charge on any atom is -0.297 e. The average Bonchev–Trinajstić information content (AvgIpc) is 2.79. The van der Waals surface area contributed by atoms with Gasteiger partial charge in [0, 0.05) is 11.3 Å². The fourth-order valence-corrected chi connectivity index (χ4v) is 3.98. The van der Waals surface area contributed by atoms with E-state index in [0.29, 0.717) is 16.9 Å². The molecule has 0 aliphatic rings. The Labute approximate surface area is 187 Å². The van der Waals surface area contributed by atoms with Gasteiger partial charge in [-0.2, -0.15) is 10.2 Å². The van der Waals surface area contributed by atoms with E-state index in [1.165, 1.54) is 31.2 Å². The summed E-state index contributed by atoms with van der Waals surface area (Å²) in [5, 5.41) is 7.92. The van der Waals surface area contributed by atoms with Crippen LogP contribution in [-0.2, 0) is 21.2 Å². The summed E-state index contributed by atoms with van der Waals surface area (Å²) < 4.78 is 27.5. The van der Waals surface area contributed by atoms with Crippen molar-refractivity contribution >= 4 is 33.0 Å². The fourth-order valence-electron chi connectivity index (χ4n) is 2.92. The summed E-state index contributed by atoms with van der Waals surface area (Å²) in [6, 6.07) is 20.0. The number of azo groups is 1. The van der Waals surface area contributed by atoms with Crippen LogP contribution in [0.1, 0.15) is 29.8 Å². The molecular weight excluding hydrogens is 426 g/mol. The van der Waals surface area contributed by atoms with Crippen molar-refractivity contribution in [1.29, 1.82) is 0 Å². The quantitative estimate of drug-likeness (QED) is 0.283. The maximum atomic E-state index is 12.7. The Morgan fingerprint density at radius 2 is 1.53 bits per heavy atom. The van der Waals surface area contributed by atoms with E-state index in [9.17, 15) is 18.0 Å². The zero-order valence-corrected chi connectivity index (χ0v) is 18.5. The molecule has 3 aromatic rings. The third-order valence-electron chi connectivity index (χ3n) is 4.74. The van der Waals surface area contributed by atoms with Gasteiger partial charge in [-0.15, -0.1) is 0 Å². The molecule has 0 bridgehead atoms. The molecule has 8 heteroatoms. The van der Waals surface area contributed by atoms with Gasteiger partial charge in [0.15, 0.2) is 17.6 Å². The largest absolute Gasteiger partial charge is 0.297 e. The summed E-state index contributed by atoms with van der Waals surface area (Å²) in [5.74, 6) is -0.861. The lowest BCUT2D eigenvalue weighted by Crippen LogP contribution is -2.26. The van der Waals surface area contributed by atoms with Gasteiger partial charge in [0.25, 0.3) is 10.0 Å². The zero-order chi connectivity index (χ0) is 23.1. The normalized spacial score (nSPS) is 12.4. The van der Waals surface area contributed by atoms with E-state index >= 15 is 0 Å². The van der Waals surface area contributed by atoms with Gasteiger partial charge in [-0.1, -0.05) is 49.4 Å². The van der Waals surface area contributed by atoms with Crippen molar-refractivity contribution in [2.24, 2.45) is 10.2 Å². The van der Waals surface area contributed by atoms with Crippen molar-refractivity contribution in [3.8, 4) is 0 Å². The lowest BCUT2D eigenvalue weighted by Gasteiger charge is -2.09. The molecule has 7 nitrogen and oxygen atoms in total. The number of nitrogens with zero attached hydrogens (tertiary/aromatic N) is 2. The number of aryl methyl sites for hydroxylation is 1. The number of carbonyl (C=O) groups is 2. The Morgan fingerprint density at radius 1 is 0.906 bits per heavy atom. The van der Waals surface area contributed by atoms with Crippen LogP contribution in [0, 0.1) is 0 Å². The van der Waals surface area contributed by atoms with Crippen LogP contribution in [0.5, 0.6) is 0 Å². The third-order valence-corrected chi connectivity index (χ3v) is 6.14. The van der Waals surface area contributed by atoms with E-state index in [0.717, 1.165) is 12.0 Å². The minimum atomic E-state index is -3.76. The minimum absolute atomic E-state index is 0.0514. The van der Waals surface area contributed by atoms with Gasteiger partial charge in [0.2, 0.25) is 0 Å². The van der Waals surface area contributed by atoms with Crippen LogP contribution in [0.2, 0.25) is 0 Å². The van der Waals surface area contributed by atoms with Crippen LogP contribution >= 0.6 is 0 Å². The van der Waals surface area contributed by atoms with Gasteiger partial charge >= 0.3 is 0 Å². The number of sulfonamides is 1. The van der Waals surface area contributed by atoms with Gasteiger partial charge < -0.3 is 0 Å². The topological polar surface area (TPSA) is 105 Å². The van der Waals surface area contributed by atoms with Crippen LogP contribution in [0.25, 0.3) is 0 Å². The third kappa shape index (κ3) is 5.73. The molecule has 0 radical (unpaired) electrons. The van der Waals surface area contributed by atoms with E-state index in [1.54, 1.807) is 42.5 Å². The van der Waals surface area contributed by atoms with E-state index in [2.05, 4.69) is 15.0 Å². The molecule has 0 saturated heterocycles. The lowest BCUT2D eigenvalue weighted by atomic mass is 10.0. The van der Waals surface area contributed by atoms with Gasteiger partial charge in [-0.05, 0) is 55.3 Å². The van der Waals surface area contributed by atoms with Gasteiger partial charge in [-0.3, -0.25) is 14.3 Å². The molecule has 0 aromatic heterocycles. The second-order valence-electron chi connectivity index (χ2n) is 7.11. The SMILES string of the molecule is CCc1ccc(C(=O)C(N=Nc2ccc(S(=O)(=O)Nc3ccccc3)cc2)C(C)=O)cc1. The highest BCUT2D eigenvalue weighted by molar-refractivity contribution is 7.92. The molecule has 0 heterocycles. The molecule has 0 fully saturated rings. The Balaban J connectivity index is 1.75. The number of Topliss-reactive ketones (excluding diaryl/α,β-unsaturated/α-hetero) is 2. The maximum Gasteiger partial charge on any atom is 0.261 e. The zero-order valence-electron chi connectivity index (χ0n) is 17.7. The molecule has 0 amide bonds. The van der Waals surface area contributed by atoms with Crippen molar-refractivity contribution in [1.82, 2.24) is 0 Å². The Bertz CT molecular complexity index is 1220. The van der Waals surface area contributed by atoms with Crippen LogP contribution < -0.4 is 4.72 Å². The molecule has 0 aliphatic carbocycles. The second-order valence-corrected chi connectivity index (χ2v) is 8.79. The first-order valence-electron chi connectivity index (χ1n) is 10.0. The van der Waals surface area contributed by atoms with Crippen molar-refractivity contribution in [2.45, 2.75) is 31.2 Å². The predicted molar refractivity (Wildman–Crippen MR) is 123 cm³/mol. The number of ketones is 2. The van der Waals surface area contributed by atoms with Crippen molar-refractivity contribution in [3.05, 3.63) is 90.0 Å². The van der Waals surface area contributed by atoms with Crippen LogP contribution in [0.3, 0.4) is 0 Å². The van der Waals surface area contributed by atoms with E-state index in [-0.39, 0.29) is 4.90 Å². The molecule has 0 saturated carbocycles. The highest BCUT2D eigenvalue weighted by Crippen LogP contribution is 2.21. The van der Waals surface area contributed by atoms with Gasteiger partial charge in [0.1, 0.15) is 0 Å². The van der Waals surface area contributed by atoms with Crippen LogP contribution in [0.4, 0.5) is 11.4 Å². The molecule has 0 spiro atoms. The predicted octanol–water partition coefficient (Wildman–Crippen LogP) is 4.97. The highest BCUT2D eigenvalue weighted by Gasteiger charge is 2.24. The molecule has 3 rings (SSSR count). The molecule has 1 atom stereocenters. The summed E-state index contributed by atoms with van der Waals surface area (Å²) in [7, 11) is -3.76. The van der Waals surface area contributed by atoms with E-state index < -0.39 is 27.6 Å². The standard InChI is InChI=1S/C24H23N3O4S/c1-3-18-9-11-19(12-10-18)24(29)23(17(2)28)26-25-20-13-15-22(16-14-20)32(30,31)27-21-7-5-4-6-8-21/h4-16,23,27H,3H2,1-2H3. The number of para-hydroxylation sites is 1. The summed E-state index contributed by atoms with van der Waals surface area (Å²) in [6.45, 7) is 3.30. The molecule has 1 unspecified atom stereocenters. The summed E-state index contributed by atoms with van der Waals surface area (Å²) in [6.07, 6.45) is 0.844. The van der Waals surface area contributed by atoms with Gasteiger partial charge in [-0.25, -0.2) is 8.42 Å². The van der Waals surface area contributed by atoms with Gasteiger partial charge in [0.05, 0.1) is 10.6 Å².